The van der Waals surface area contributed by atoms with Crippen LogP contribution in [0.1, 0.15) is 31.7 Å². The smallest absolute Gasteiger partial charge is 0.323 e. The van der Waals surface area contributed by atoms with Gasteiger partial charge < -0.3 is 15.2 Å². The molecule has 3 N–H and O–H groups in total. The van der Waals surface area contributed by atoms with Crippen LogP contribution in [0.2, 0.25) is 0 Å². The lowest BCUT2D eigenvalue weighted by atomic mass is 10.1. The number of esters is 2. The van der Waals surface area contributed by atoms with Crippen molar-refractivity contribution in [1.82, 2.24) is 5.32 Å². The zero-order valence-corrected chi connectivity index (χ0v) is 14.9. The van der Waals surface area contributed by atoms with Crippen molar-refractivity contribution in [3.63, 3.8) is 0 Å². The minimum Gasteiger partial charge on any atom is -0.469 e. The first-order valence-electron chi connectivity index (χ1n) is 8.20. The molecule has 0 radical (unpaired) electrons. The summed E-state index contributed by atoms with van der Waals surface area (Å²) in [5, 5.41) is 2.17. The Morgan fingerprint density at radius 3 is 2.42 bits per heavy atom. The van der Waals surface area contributed by atoms with E-state index >= 15 is 0 Å². The summed E-state index contributed by atoms with van der Waals surface area (Å²) in [5.41, 5.74) is 6.53. The summed E-state index contributed by atoms with van der Waals surface area (Å²) in [6.07, 6.45) is -0.197. The van der Waals surface area contributed by atoms with Gasteiger partial charge in [-0.1, -0.05) is 37.3 Å². The normalized spacial score (nSPS) is 12.6. The number of ether oxygens (including phenoxy) is 2. The van der Waals surface area contributed by atoms with Crippen LogP contribution in [0, 0.1) is 5.92 Å². The van der Waals surface area contributed by atoms with Crippen molar-refractivity contribution in [2.24, 2.45) is 11.7 Å². The fourth-order valence-corrected chi connectivity index (χ4v) is 1.99. The number of hydrogen-bond acceptors (Lipinski definition) is 7. The second-order valence-electron chi connectivity index (χ2n) is 5.83. The highest BCUT2D eigenvalue weighted by molar-refractivity contribution is 5.97. The van der Waals surface area contributed by atoms with Gasteiger partial charge in [0, 0.05) is 12.3 Å². The van der Waals surface area contributed by atoms with E-state index in [1.807, 2.05) is 30.3 Å². The van der Waals surface area contributed by atoms with Crippen LogP contribution in [0.15, 0.2) is 30.3 Å². The second kappa shape index (κ2) is 11.0. The summed E-state index contributed by atoms with van der Waals surface area (Å²) < 4.78 is 9.55. The Balaban J connectivity index is 2.31. The summed E-state index contributed by atoms with van der Waals surface area (Å²) in [7, 11) is 1.22. The van der Waals surface area contributed by atoms with Crippen molar-refractivity contribution in [2.45, 2.75) is 38.8 Å². The molecule has 2 amide bonds. The van der Waals surface area contributed by atoms with Crippen molar-refractivity contribution in [3.8, 4) is 0 Å². The summed E-state index contributed by atoms with van der Waals surface area (Å²) in [4.78, 5) is 46.5. The highest BCUT2D eigenvalue weighted by Crippen LogP contribution is 2.05. The van der Waals surface area contributed by atoms with Crippen molar-refractivity contribution < 1.29 is 28.7 Å². The van der Waals surface area contributed by atoms with Crippen LogP contribution in [0.4, 0.5) is 0 Å². The molecule has 0 aliphatic heterocycles. The van der Waals surface area contributed by atoms with Crippen LogP contribution in [-0.2, 0) is 35.3 Å². The first kappa shape index (κ1) is 21.3. The average Bonchev–Trinajstić information content (AvgIpc) is 2.64. The first-order chi connectivity index (χ1) is 12.3. The lowest BCUT2D eigenvalue weighted by Gasteiger charge is -2.13. The Morgan fingerprint density at radius 2 is 1.81 bits per heavy atom. The van der Waals surface area contributed by atoms with Crippen LogP contribution in [0.5, 0.6) is 0 Å². The molecule has 1 aromatic rings. The Morgan fingerprint density at radius 1 is 1.15 bits per heavy atom. The summed E-state index contributed by atoms with van der Waals surface area (Å²) >= 11 is 0. The molecular weight excluding hydrogens is 340 g/mol. The van der Waals surface area contributed by atoms with Crippen LogP contribution in [0.3, 0.4) is 0 Å². The van der Waals surface area contributed by atoms with Crippen LogP contribution in [-0.4, -0.2) is 36.9 Å². The predicted octanol–water partition coefficient (Wildman–Crippen LogP) is 0.679. The molecule has 0 fully saturated rings. The van der Waals surface area contributed by atoms with Crippen molar-refractivity contribution in [2.75, 3.05) is 7.11 Å². The molecule has 142 valence electrons. The van der Waals surface area contributed by atoms with Crippen molar-refractivity contribution in [1.29, 1.82) is 0 Å². The van der Waals surface area contributed by atoms with Gasteiger partial charge in [0.2, 0.25) is 11.8 Å². The van der Waals surface area contributed by atoms with E-state index in [1.165, 1.54) is 14.0 Å². The van der Waals surface area contributed by atoms with Gasteiger partial charge in [0.25, 0.3) is 0 Å². The third-order valence-electron chi connectivity index (χ3n) is 3.62. The van der Waals surface area contributed by atoms with Gasteiger partial charge in [-0.05, 0) is 12.0 Å². The molecular formula is C18H24N2O6. The second-order valence-corrected chi connectivity index (χ2v) is 5.83. The molecule has 1 aromatic carbocycles. The zero-order valence-electron chi connectivity index (χ0n) is 14.9. The number of nitrogens with one attached hydrogen (secondary N) is 1. The highest BCUT2D eigenvalue weighted by Gasteiger charge is 2.21. The molecule has 1 rings (SSSR count). The Kier molecular flexibility index (Phi) is 9.00. The van der Waals surface area contributed by atoms with Gasteiger partial charge in [-0.2, -0.15) is 0 Å². The molecule has 2 atom stereocenters. The SMILES string of the molecule is COC(=O)CC(C)C(=O)NC(=O)CC[C@H](N)C(=O)OCc1ccccc1. The van der Waals surface area contributed by atoms with E-state index in [2.05, 4.69) is 10.1 Å². The van der Waals surface area contributed by atoms with Crippen LogP contribution in [0.25, 0.3) is 0 Å². The third-order valence-corrected chi connectivity index (χ3v) is 3.62. The van der Waals surface area contributed by atoms with E-state index in [-0.39, 0.29) is 25.9 Å². The fourth-order valence-electron chi connectivity index (χ4n) is 1.99. The number of nitrogens with two attached hydrogens (primary N) is 1. The molecule has 0 saturated carbocycles. The molecule has 8 nitrogen and oxygen atoms in total. The Bertz CT molecular complexity index is 632. The minimum absolute atomic E-state index is 0.0398. The van der Waals surface area contributed by atoms with Gasteiger partial charge in [0.1, 0.15) is 12.6 Å². The minimum atomic E-state index is -0.966. The number of rotatable bonds is 9. The van der Waals surface area contributed by atoms with Crippen molar-refractivity contribution >= 4 is 23.8 Å². The number of amides is 2. The highest BCUT2D eigenvalue weighted by atomic mass is 16.5. The number of methoxy groups -OCH3 is 1. The summed E-state index contributed by atoms with van der Waals surface area (Å²) in [6.45, 7) is 1.61. The number of carbonyl (C=O) groups is 4. The monoisotopic (exact) mass is 364 g/mol. The van der Waals surface area contributed by atoms with Gasteiger partial charge in [-0.3, -0.25) is 24.5 Å². The average molecular weight is 364 g/mol. The zero-order chi connectivity index (χ0) is 19.5. The topological polar surface area (TPSA) is 125 Å². The number of hydrogen-bond donors (Lipinski definition) is 2. The van der Waals surface area contributed by atoms with Crippen LogP contribution < -0.4 is 11.1 Å². The molecule has 1 unspecified atom stereocenters. The lowest BCUT2D eigenvalue weighted by molar-refractivity contribution is -0.147. The van der Waals surface area contributed by atoms with E-state index in [9.17, 15) is 19.2 Å². The Hall–Kier alpha value is -2.74. The maximum Gasteiger partial charge on any atom is 0.323 e. The standard InChI is InChI=1S/C18H24N2O6/c1-12(10-16(22)25-2)17(23)20-15(21)9-8-14(19)18(24)26-11-13-6-4-3-5-7-13/h3-7,12,14H,8-11,19H2,1-2H3,(H,20,21,23)/t12?,14-/m0/s1. The van der Waals surface area contributed by atoms with E-state index in [4.69, 9.17) is 10.5 Å². The number of benzene rings is 1. The summed E-state index contributed by atoms with van der Waals surface area (Å²) in [5.74, 6) is -3.01. The van der Waals surface area contributed by atoms with E-state index < -0.39 is 35.7 Å². The van der Waals surface area contributed by atoms with Gasteiger partial charge >= 0.3 is 11.9 Å². The first-order valence-corrected chi connectivity index (χ1v) is 8.20. The molecule has 8 heteroatoms. The predicted molar refractivity (Wildman–Crippen MR) is 92.4 cm³/mol. The molecule has 0 spiro atoms. The van der Waals surface area contributed by atoms with Gasteiger partial charge in [0.05, 0.1) is 13.5 Å². The molecule has 26 heavy (non-hydrogen) atoms. The van der Waals surface area contributed by atoms with E-state index in [0.29, 0.717) is 0 Å². The molecule has 0 bridgehead atoms. The third kappa shape index (κ3) is 7.89. The van der Waals surface area contributed by atoms with Gasteiger partial charge in [0.15, 0.2) is 0 Å². The molecule has 0 aliphatic carbocycles. The van der Waals surface area contributed by atoms with E-state index in [1.54, 1.807) is 0 Å². The molecule has 0 aliphatic rings. The number of carbonyl (C=O) groups excluding carboxylic acids is 4. The molecule has 0 saturated heterocycles. The molecule has 0 heterocycles. The van der Waals surface area contributed by atoms with Crippen LogP contribution >= 0.6 is 0 Å². The quantitative estimate of drug-likeness (QED) is 0.617. The lowest BCUT2D eigenvalue weighted by Crippen LogP contribution is -2.38. The van der Waals surface area contributed by atoms with Crippen molar-refractivity contribution in [3.05, 3.63) is 35.9 Å². The van der Waals surface area contributed by atoms with Gasteiger partial charge in [-0.25, -0.2) is 0 Å². The van der Waals surface area contributed by atoms with E-state index in [0.717, 1.165) is 5.56 Å². The maximum atomic E-state index is 11.8. The van der Waals surface area contributed by atoms with Gasteiger partial charge in [-0.15, -0.1) is 0 Å². The summed E-state index contributed by atoms with van der Waals surface area (Å²) in [6, 6.07) is 8.16. The Labute approximate surface area is 152 Å². The maximum absolute atomic E-state index is 11.8. The number of imide groups is 1. The molecule has 0 aromatic heterocycles. The fraction of sp³-hybridized carbons (Fsp3) is 0.444. The largest absolute Gasteiger partial charge is 0.469 e.